The van der Waals surface area contributed by atoms with Gasteiger partial charge in [0.25, 0.3) is 5.69 Å². The van der Waals surface area contributed by atoms with Crippen molar-refractivity contribution in [3.63, 3.8) is 0 Å². The Balaban J connectivity index is 2.23. The van der Waals surface area contributed by atoms with Gasteiger partial charge in [-0.15, -0.1) is 0 Å². The van der Waals surface area contributed by atoms with E-state index in [0.717, 1.165) is 5.56 Å². The van der Waals surface area contributed by atoms with Gasteiger partial charge in [0.05, 0.1) is 12.0 Å². The Morgan fingerprint density at radius 1 is 1.59 bits per heavy atom. The number of nitro groups is 1. The second kappa shape index (κ2) is 4.40. The summed E-state index contributed by atoms with van der Waals surface area (Å²) in [6, 6.07) is 4.35. The third-order valence-corrected chi connectivity index (χ3v) is 2.66. The maximum Gasteiger partial charge on any atom is 0.347 e. The Bertz CT molecular complexity index is 471. The Morgan fingerprint density at radius 3 is 3.00 bits per heavy atom. The van der Waals surface area contributed by atoms with E-state index in [1.807, 2.05) is 0 Å². The number of benzene rings is 1. The maximum absolute atomic E-state index is 11.3. The Labute approximate surface area is 97.3 Å². The fourth-order valence-electron chi connectivity index (χ4n) is 1.79. The van der Waals surface area contributed by atoms with Gasteiger partial charge in [-0.2, -0.15) is 0 Å². The van der Waals surface area contributed by atoms with Gasteiger partial charge in [0, 0.05) is 17.7 Å². The summed E-state index contributed by atoms with van der Waals surface area (Å²) in [6.45, 7) is 0. The quantitative estimate of drug-likeness (QED) is 0.442. The van der Waals surface area contributed by atoms with Crippen molar-refractivity contribution in [1.82, 2.24) is 0 Å². The first-order chi connectivity index (χ1) is 8.11. The number of ether oxygens (including phenoxy) is 2. The van der Waals surface area contributed by atoms with Gasteiger partial charge in [-0.3, -0.25) is 10.1 Å². The van der Waals surface area contributed by atoms with E-state index < -0.39 is 17.0 Å². The number of hydrogen-bond acceptors (Lipinski definition) is 5. The molecule has 0 aliphatic carbocycles. The first-order valence-corrected chi connectivity index (χ1v) is 5.13. The number of non-ortho nitro benzene ring substituents is 1. The van der Waals surface area contributed by atoms with Gasteiger partial charge in [0.2, 0.25) is 0 Å². The van der Waals surface area contributed by atoms with Crippen LogP contribution in [0.1, 0.15) is 12.0 Å². The lowest BCUT2D eigenvalue weighted by Crippen LogP contribution is -2.32. The molecule has 6 nitrogen and oxygen atoms in total. The van der Waals surface area contributed by atoms with Crippen LogP contribution in [0.15, 0.2) is 18.2 Å². The second-order valence-corrected chi connectivity index (χ2v) is 3.72. The lowest BCUT2D eigenvalue weighted by Gasteiger charge is -2.23. The molecular weight excluding hydrogens is 226 g/mol. The second-order valence-electron chi connectivity index (χ2n) is 3.72. The number of carbonyl (C=O) groups is 1. The molecule has 1 aliphatic rings. The van der Waals surface area contributed by atoms with Crippen molar-refractivity contribution in [1.29, 1.82) is 0 Å². The van der Waals surface area contributed by atoms with Crippen molar-refractivity contribution < 1.29 is 19.2 Å². The number of rotatable bonds is 2. The number of fused-ring (bicyclic) bond motifs is 1. The highest BCUT2D eigenvalue weighted by Crippen LogP contribution is 2.30. The van der Waals surface area contributed by atoms with Gasteiger partial charge in [-0.1, -0.05) is 0 Å². The van der Waals surface area contributed by atoms with Crippen molar-refractivity contribution in [2.45, 2.75) is 18.9 Å². The number of nitro benzene ring substituents is 1. The Morgan fingerprint density at radius 2 is 2.35 bits per heavy atom. The van der Waals surface area contributed by atoms with E-state index in [-0.39, 0.29) is 5.69 Å². The van der Waals surface area contributed by atoms with Crippen LogP contribution in [0.25, 0.3) is 0 Å². The normalized spacial score (nSPS) is 17.8. The van der Waals surface area contributed by atoms with Crippen molar-refractivity contribution in [3.05, 3.63) is 33.9 Å². The van der Waals surface area contributed by atoms with Gasteiger partial charge >= 0.3 is 5.97 Å². The highest BCUT2D eigenvalue weighted by molar-refractivity contribution is 5.75. The molecule has 1 unspecified atom stereocenters. The molecule has 6 heteroatoms. The summed E-state index contributed by atoms with van der Waals surface area (Å²) in [4.78, 5) is 21.4. The van der Waals surface area contributed by atoms with E-state index in [0.29, 0.717) is 18.6 Å². The highest BCUT2D eigenvalue weighted by atomic mass is 16.6. The number of carbonyl (C=O) groups excluding carboxylic acids is 1. The zero-order valence-electron chi connectivity index (χ0n) is 9.21. The average Bonchev–Trinajstić information content (AvgIpc) is 2.36. The summed E-state index contributed by atoms with van der Waals surface area (Å²) in [5.41, 5.74) is 0.781. The predicted molar refractivity (Wildman–Crippen MR) is 57.8 cm³/mol. The molecule has 0 saturated carbocycles. The van der Waals surface area contributed by atoms with Crippen molar-refractivity contribution in [2.75, 3.05) is 7.11 Å². The largest absolute Gasteiger partial charge is 0.478 e. The molecule has 0 fully saturated rings. The first-order valence-electron chi connectivity index (χ1n) is 5.13. The van der Waals surface area contributed by atoms with Crippen molar-refractivity contribution >= 4 is 11.7 Å². The molecule has 0 bridgehead atoms. The molecule has 17 heavy (non-hydrogen) atoms. The van der Waals surface area contributed by atoms with Gasteiger partial charge in [0.15, 0.2) is 6.10 Å². The smallest absolute Gasteiger partial charge is 0.347 e. The molecule has 0 aromatic heterocycles. The molecule has 1 heterocycles. The molecule has 1 aromatic rings. The third kappa shape index (κ3) is 2.20. The summed E-state index contributed by atoms with van der Waals surface area (Å²) in [5.74, 6) is 0.0891. The van der Waals surface area contributed by atoms with E-state index in [1.54, 1.807) is 0 Å². The fraction of sp³-hybridized carbons (Fsp3) is 0.364. The molecular formula is C11H11NO5. The van der Waals surface area contributed by atoms with Crippen LogP contribution in [0, 0.1) is 10.1 Å². The fourth-order valence-corrected chi connectivity index (χ4v) is 1.79. The van der Waals surface area contributed by atoms with E-state index in [9.17, 15) is 14.9 Å². The topological polar surface area (TPSA) is 78.7 Å². The Hall–Kier alpha value is -2.11. The molecule has 90 valence electrons. The summed E-state index contributed by atoms with van der Waals surface area (Å²) in [7, 11) is 1.30. The SMILES string of the molecule is COC(=O)C1CCc2cc([N+](=O)[O-])ccc2O1. The van der Waals surface area contributed by atoms with E-state index >= 15 is 0 Å². The van der Waals surface area contributed by atoms with Crippen LogP contribution in [-0.4, -0.2) is 24.1 Å². The number of aryl methyl sites for hydroxylation is 1. The lowest BCUT2D eigenvalue weighted by atomic mass is 10.0. The average molecular weight is 237 g/mol. The molecule has 0 spiro atoms. The minimum Gasteiger partial charge on any atom is -0.478 e. The van der Waals surface area contributed by atoms with Gasteiger partial charge < -0.3 is 9.47 Å². The Kier molecular flexibility index (Phi) is 2.95. The summed E-state index contributed by atoms with van der Waals surface area (Å²) in [6.07, 6.45) is 0.423. The third-order valence-electron chi connectivity index (χ3n) is 2.66. The number of esters is 1. The van der Waals surface area contributed by atoms with Crippen LogP contribution < -0.4 is 4.74 Å². The maximum atomic E-state index is 11.3. The predicted octanol–water partition coefficient (Wildman–Crippen LogP) is 1.46. The molecule has 1 atom stereocenters. The first kappa shape index (κ1) is 11.4. The van der Waals surface area contributed by atoms with E-state index in [2.05, 4.69) is 4.74 Å². The molecule has 0 amide bonds. The molecule has 2 rings (SSSR count). The lowest BCUT2D eigenvalue weighted by molar-refractivity contribution is -0.385. The summed E-state index contributed by atoms with van der Waals surface area (Å²) >= 11 is 0. The minimum absolute atomic E-state index is 0.0314. The number of nitrogens with zero attached hydrogens (tertiary/aromatic N) is 1. The molecule has 0 N–H and O–H groups in total. The van der Waals surface area contributed by atoms with Gasteiger partial charge in [0.1, 0.15) is 5.75 Å². The van der Waals surface area contributed by atoms with Gasteiger partial charge in [-0.05, 0) is 18.9 Å². The summed E-state index contributed by atoms with van der Waals surface area (Å²) < 4.78 is 10.0. The van der Waals surface area contributed by atoms with Crippen LogP contribution in [0.3, 0.4) is 0 Å². The van der Waals surface area contributed by atoms with Crippen LogP contribution in [-0.2, 0) is 16.0 Å². The van der Waals surface area contributed by atoms with Gasteiger partial charge in [-0.25, -0.2) is 4.79 Å². The van der Waals surface area contributed by atoms with Crippen molar-refractivity contribution in [2.24, 2.45) is 0 Å². The molecule has 0 saturated heterocycles. The monoisotopic (exact) mass is 237 g/mol. The number of methoxy groups -OCH3 is 1. The van der Waals surface area contributed by atoms with Crippen LogP contribution in [0.4, 0.5) is 5.69 Å². The van der Waals surface area contributed by atoms with E-state index in [1.165, 1.54) is 25.3 Å². The highest BCUT2D eigenvalue weighted by Gasteiger charge is 2.27. The van der Waals surface area contributed by atoms with E-state index in [4.69, 9.17) is 4.74 Å². The minimum atomic E-state index is -0.617. The zero-order valence-corrected chi connectivity index (χ0v) is 9.21. The van der Waals surface area contributed by atoms with Crippen molar-refractivity contribution in [3.8, 4) is 5.75 Å². The molecule has 1 aliphatic heterocycles. The van der Waals surface area contributed by atoms with Crippen LogP contribution in [0.5, 0.6) is 5.75 Å². The zero-order chi connectivity index (χ0) is 12.4. The standard InChI is InChI=1S/C11H11NO5/c1-16-11(13)10-4-2-7-6-8(12(14)15)3-5-9(7)17-10/h3,5-6,10H,2,4H2,1H3. The summed E-state index contributed by atoms with van der Waals surface area (Å²) in [5, 5.41) is 10.6. The number of hydrogen-bond donors (Lipinski definition) is 0. The van der Waals surface area contributed by atoms with Crippen LogP contribution in [0.2, 0.25) is 0 Å². The molecule has 0 radical (unpaired) electrons. The molecule has 1 aromatic carbocycles. The van der Waals surface area contributed by atoms with Crippen LogP contribution >= 0.6 is 0 Å².